The van der Waals surface area contributed by atoms with Crippen molar-refractivity contribution in [2.24, 2.45) is 5.73 Å². The summed E-state index contributed by atoms with van der Waals surface area (Å²) in [5.41, 5.74) is 5.02. The van der Waals surface area contributed by atoms with Crippen LogP contribution < -0.4 is 5.73 Å². The molecule has 0 aliphatic carbocycles. The fourth-order valence-electron chi connectivity index (χ4n) is 1.34. The quantitative estimate of drug-likeness (QED) is 0.862. The van der Waals surface area contributed by atoms with E-state index in [0.717, 1.165) is 12.1 Å². The highest BCUT2D eigenvalue weighted by atomic mass is 35.5. The normalized spacial score (nSPS) is 9.35. The zero-order valence-electron chi connectivity index (χ0n) is 9.64. The molecule has 2 N–H and O–H groups in total. The lowest BCUT2D eigenvalue weighted by atomic mass is 10.1. The number of halogens is 5. The molecule has 0 saturated carbocycles. The third kappa shape index (κ3) is 3.58. The fraction of sp³-hybridized carbons (Fsp3) is 0. The molecule has 0 spiro atoms. The Kier molecular flexibility index (Phi) is 6.41. The smallest absolute Gasteiger partial charge is 0.286 e. The van der Waals surface area contributed by atoms with E-state index in [9.17, 15) is 18.0 Å². The first-order valence-corrected chi connectivity index (χ1v) is 4.77. The second-order valence-corrected chi connectivity index (χ2v) is 3.38. The number of amides is 1. The summed E-state index contributed by atoms with van der Waals surface area (Å²) >= 11 is 0. The number of aromatic nitrogens is 2. The van der Waals surface area contributed by atoms with Gasteiger partial charge in [0.25, 0.3) is 5.91 Å². The fourth-order valence-corrected chi connectivity index (χ4v) is 1.34. The van der Waals surface area contributed by atoms with Crippen molar-refractivity contribution in [2.45, 2.75) is 0 Å². The lowest BCUT2D eigenvalue weighted by Crippen LogP contribution is -2.15. The van der Waals surface area contributed by atoms with Gasteiger partial charge in [-0.15, -0.1) is 24.8 Å². The van der Waals surface area contributed by atoms with Crippen LogP contribution in [0.2, 0.25) is 0 Å². The van der Waals surface area contributed by atoms with Gasteiger partial charge in [-0.05, 0) is 18.2 Å². The number of carbonyl (C=O) groups is 1. The summed E-state index contributed by atoms with van der Waals surface area (Å²) in [5.74, 6) is -5.42. The Balaban J connectivity index is 0.00000180. The molecule has 0 aliphatic rings. The van der Waals surface area contributed by atoms with E-state index in [1.165, 1.54) is 12.3 Å². The number of hydrogen-bond acceptors (Lipinski definition) is 3. The number of rotatable bonds is 2. The van der Waals surface area contributed by atoms with Crippen LogP contribution in [0.3, 0.4) is 0 Å². The van der Waals surface area contributed by atoms with Crippen LogP contribution in [0, 0.1) is 17.5 Å². The van der Waals surface area contributed by atoms with E-state index >= 15 is 0 Å². The SMILES string of the molecule is Cl.Cl.NC(=O)c1nccc(-c2cc(F)c(F)c(F)c2)n1. The molecule has 108 valence electrons. The number of benzene rings is 1. The van der Waals surface area contributed by atoms with Crippen molar-refractivity contribution < 1.29 is 18.0 Å². The molecule has 0 bridgehead atoms. The maximum atomic E-state index is 13.0. The molecule has 0 radical (unpaired) electrons. The van der Waals surface area contributed by atoms with Gasteiger partial charge < -0.3 is 5.73 Å². The molecule has 0 saturated heterocycles. The van der Waals surface area contributed by atoms with E-state index in [-0.39, 0.29) is 41.9 Å². The van der Waals surface area contributed by atoms with Crippen molar-refractivity contribution in [1.29, 1.82) is 0 Å². The molecule has 2 aromatic rings. The highest BCUT2D eigenvalue weighted by molar-refractivity contribution is 5.89. The molecule has 9 heteroatoms. The average molecular weight is 326 g/mol. The highest BCUT2D eigenvalue weighted by Crippen LogP contribution is 2.21. The zero-order chi connectivity index (χ0) is 13.3. The van der Waals surface area contributed by atoms with Crippen LogP contribution in [0.5, 0.6) is 0 Å². The van der Waals surface area contributed by atoms with E-state index in [2.05, 4.69) is 9.97 Å². The second kappa shape index (κ2) is 7.06. The van der Waals surface area contributed by atoms with Gasteiger partial charge in [0.1, 0.15) is 0 Å². The Morgan fingerprint density at radius 1 is 1.10 bits per heavy atom. The van der Waals surface area contributed by atoms with Crippen molar-refractivity contribution >= 4 is 30.7 Å². The van der Waals surface area contributed by atoms with Gasteiger partial charge in [-0.3, -0.25) is 4.79 Å². The summed E-state index contributed by atoms with van der Waals surface area (Å²) in [7, 11) is 0. The van der Waals surface area contributed by atoms with Crippen LogP contribution in [0.4, 0.5) is 13.2 Å². The predicted octanol–water partition coefficient (Wildman–Crippen LogP) is 2.50. The van der Waals surface area contributed by atoms with Crippen molar-refractivity contribution in [3.63, 3.8) is 0 Å². The molecule has 1 aromatic heterocycles. The van der Waals surface area contributed by atoms with E-state index in [4.69, 9.17) is 5.73 Å². The van der Waals surface area contributed by atoms with Gasteiger partial charge in [0.05, 0.1) is 5.69 Å². The molecule has 0 atom stereocenters. The Labute approximate surface area is 124 Å². The molecule has 0 unspecified atom stereocenters. The van der Waals surface area contributed by atoms with Crippen LogP contribution in [-0.2, 0) is 0 Å². The minimum atomic E-state index is -1.57. The Morgan fingerprint density at radius 3 is 2.15 bits per heavy atom. The lowest BCUT2D eigenvalue weighted by Gasteiger charge is -2.03. The first kappa shape index (κ1) is 18.1. The van der Waals surface area contributed by atoms with E-state index in [1.807, 2.05) is 0 Å². The summed E-state index contributed by atoms with van der Waals surface area (Å²) in [6, 6.07) is 2.86. The third-order valence-corrected chi connectivity index (χ3v) is 2.16. The van der Waals surface area contributed by atoms with Gasteiger partial charge in [0.15, 0.2) is 17.5 Å². The summed E-state index contributed by atoms with van der Waals surface area (Å²) < 4.78 is 38.8. The van der Waals surface area contributed by atoms with Crippen LogP contribution in [-0.4, -0.2) is 15.9 Å². The number of nitrogens with zero attached hydrogens (tertiary/aromatic N) is 2. The first-order chi connectivity index (χ1) is 8.49. The molecular formula is C11H8Cl2F3N3O. The van der Waals surface area contributed by atoms with Crippen molar-refractivity contribution in [1.82, 2.24) is 9.97 Å². The van der Waals surface area contributed by atoms with Crippen LogP contribution in [0.1, 0.15) is 10.6 Å². The Hall–Kier alpha value is -1.86. The topological polar surface area (TPSA) is 68.9 Å². The van der Waals surface area contributed by atoms with Gasteiger partial charge >= 0.3 is 0 Å². The number of carbonyl (C=O) groups excluding carboxylic acids is 1. The van der Waals surface area contributed by atoms with Gasteiger partial charge in [0.2, 0.25) is 5.82 Å². The first-order valence-electron chi connectivity index (χ1n) is 4.77. The van der Waals surface area contributed by atoms with Crippen molar-refractivity contribution in [2.75, 3.05) is 0 Å². The maximum Gasteiger partial charge on any atom is 0.286 e. The summed E-state index contributed by atoms with van der Waals surface area (Å²) in [5, 5.41) is 0. The number of hydrogen-bond donors (Lipinski definition) is 1. The van der Waals surface area contributed by atoms with Crippen LogP contribution >= 0.6 is 24.8 Å². The third-order valence-electron chi connectivity index (χ3n) is 2.16. The van der Waals surface area contributed by atoms with Crippen molar-refractivity contribution in [3.05, 3.63) is 47.7 Å². The van der Waals surface area contributed by atoms with Crippen molar-refractivity contribution in [3.8, 4) is 11.3 Å². The summed E-state index contributed by atoms with van der Waals surface area (Å²) in [6.07, 6.45) is 1.21. The van der Waals surface area contributed by atoms with E-state index < -0.39 is 23.4 Å². The molecular weight excluding hydrogens is 318 g/mol. The Morgan fingerprint density at radius 2 is 1.65 bits per heavy atom. The second-order valence-electron chi connectivity index (χ2n) is 3.38. The zero-order valence-corrected chi connectivity index (χ0v) is 11.3. The Bertz CT molecular complexity index is 617. The monoisotopic (exact) mass is 325 g/mol. The van der Waals surface area contributed by atoms with E-state index in [0.29, 0.717) is 0 Å². The standard InChI is InChI=1S/C11H6F3N3O.2ClH/c12-6-3-5(4-7(13)9(6)14)8-1-2-16-11(17-8)10(15)18;;/h1-4H,(H2,15,18);2*1H. The summed E-state index contributed by atoms with van der Waals surface area (Å²) in [4.78, 5) is 18.2. The van der Waals surface area contributed by atoms with Gasteiger partial charge in [-0.2, -0.15) is 0 Å². The lowest BCUT2D eigenvalue weighted by molar-refractivity contribution is 0.0990. The largest absolute Gasteiger partial charge is 0.363 e. The van der Waals surface area contributed by atoms with Gasteiger partial charge in [-0.1, -0.05) is 0 Å². The summed E-state index contributed by atoms with van der Waals surface area (Å²) in [6.45, 7) is 0. The molecule has 1 heterocycles. The average Bonchev–Trinajstić information content (AvgIpc) is 2.35. The van der Waals surface area contributed by atoms with E-state index in [1.54, 1.807) is 0 Å². The van der Waals surface area contributed by atoms with Crippen LogP contribution in [0.15, 0.2) is 24.4 Å². The maximum absolute atomic E-state index is 13.0. The van der Waals surface area contributed by atoms with Gasteiger partial charge in [0, 0.05) is 11.8 Å². The minimum Gasteiger partial charge on any atom is -0.363 e. The van der Waals surface area contributed by atoms with Gasteiger partial charge in [-0.25, -0.2) is 23.1 Å². The molecule has 2 rings (SSSR count). The highest BCUT2D eigenvalue weighted by Gasteiger charge is 2.13. The number of primary amides is 1. The molecule has 1 amide bonds. The molecule has 4 nitrogen and oxygen atoms in total. The number of nitrogens with two attached hydrogens (primary N) is 1. The molecule has 20 heavy (non-hydrogen) atoms. The minimum absolute atomic E-state index is 0. The molecule has 0 fully saturated rings. The predicted molar refractivity (Wildman–Crippen MR) is 70.4 cm³/mol. The molecule has 1 aromatic carbocycles. The van der Waals surface area contributed by atoms with Crippen LogP contribution in [0.25, 0.3) is 11.3 Å². The molecule has 0 aliphatic heterocycles.